The van der Waals surface area contributed by atoms with E-state index >= 15 is 0 Å². The Balaban J connectivity index is 0.00000230. The molecule has 0 saturated heterocycles. The van der Waals surface area contributed by atoms with Crippen molar-refractivity contribution >= 4 is 88.8 Å². The van der Waals surface area contributed by atoms with Crippen LogP contribution in [-0.2, 0) is 26.4 Å². The molecular formula is C36H54CoN2O6Si4. The maximum Gasteiger partial charge on any atom is 2.00 e. The zero-order valence-corrected chi connectivity index (χ0v) is 36.6. The predicted octanol–water partition coefficient (Wildman–Crippen LogP) is 4.29. The van der Waals surface area contributed by atoms with Gasteiger partial charge in [-0.05, 0) is 36.4 Å². The number of carboxylic acids is 2. The zero-order chi connectivity index (χ0) is 37.4. The smallest absolute Gasteiger partial charge is 0.550 e. The Morgan fingerprint density at radius 2 is 0.837 bits per heavy atom. The SMILES string of the molecule is CC(=O)[O-].CC(=O)[O-].C[Si](C)(C)c1cc(C=Nc2ccccc2N=Cc2cc([Si](C)(C)C)cc([Si](C)(C)C)c2O)c(O)c([Si](C)(C)C)c1.[Co+2]. The van der Waals surface area contributed by atoms with E-state index in [-0.39, 0.29) is 16.8 Å². The number of benzene rings is 3. The van der Waals surface area contributed by atoms with Gasteiger partial charge >= 0.3 is 16.8 Å². The molecule has 0 aliphatic carbocycles. The fourth-order valence-electron chi connectivity index (χ4n) is 4.48. The largest absolute Gasteiger partial charge is 2.00 e. The minimum atomic E-state index is -1.76. The number of hydrogen-bond donors (Lipinski definition) is 2. The van der Waals surface area contributed by atoms with Gasteiger partial charge in [0.2, 0.25) is 0 Å². The van der Waals surface area contributed by atoms with Gasteiger partial charge in [-0.3, -0.25) is 9.98 Å². The van der Waals surface area contributed by atoms with Crippen molar-refractivity contribution in [1.82, 2.24) is 0 Å². The summed E-state index contributed by atoms with van der Waals surface area (Å²) in [6.45, 7) is 29.5. The molecule has 0 bridgehead atoms. The number of rotatable bonds is 8. The normalized spacial score (nSPS) is 12.0. The summed E-state index contributed by atoms with van der Waals surface area (Å²) in [7, 11) is -6.73. The van der Waals surface area contributed by atoms with Gasteiger partial charge in [-0.25, -0.2) is 0 Å². The number of aromatic hydroxyl groups is 2. The van der Waals surface area contributed by atoms with Crippen LogP contribution in [0.4, 0.5) is 11.4 Å². The van der Waals surface area contributed by atoms with Crippen LogP contribution in [0.1, 0.15) is 25.0 Å². The fraction of sp³-hybridized carbons (Fsp3) is 0.389. The third-order valence-corrected chi connectivity index (χ3v) is 15.2. The minimum Gasteiger partial charge on any atom is -0.550 e. The van der Waals surface area contributed by atoms with Crippen molar-refractivity contribution in [2.45, 2.75) is 92.4 Å². The van der Waals surface area contributed by atoms with Crippen LogP contribution >= 0.6 is 0 Å². The Bertz CT molecular complexity index is 1540. The number of carboxylic acid groups (broad SMARTS) is 2. The number of carbonyl (C=O) groups is 2. The van der Waals surface area contributed by atoms with Gasteiger partial charge in [-0.2, -0.15) is 0 Å². The number of hydrogen-bond acceptors (Lipinski definition) is 8. The van der Waals surface area contributed by atoms with Gasteiger partial charge in [0.15, 0.2) is 0 Å². The Kier molecular flexibility index (Phi) is 17.1. The molecule has 2 N–H and O–H groups in total. The van der Waals surface area contributed by atoms with Crippen molar-refractivity contribution in [2.24, 2.45) is 9.98 Å². The Morgan fingerprint density at radius 1 is 0.571 bits per heavy atom. The van der Waals surface area contributed by atoms with Crippen LogP contribution in [0.3, 0.4) is 0 Å². The molecule has 1 radical (unpaired) electrons. The quantitative estimate of drug-likeness (QED) is 0.258. The molecule has 0 spiro atoms. The van der Waals surface area contributed by atoms with Crippen LogP contribution in [0.5, 0.6) is 11.5 Å². The second-order valence-electron chi connectivity index (χ2n) is 15.9. The number of phenolic OH excluding ortho intramolecular Hbond substituents is 2. The second kappa shape index (κ2) is 18.2. The molecule has 13 heteroatoms. The van der Waals surface area contributed by atoms with Gasteiger partial charge in [-0.15, -0.1) is 0 Å². The monoisotopic (exact) mass is 781 g/mol. The average molecular weight is 782 g/mol. The van der Waals surface area contributed by atoms with Crippen LogP contribution in [0.25, 0.3) is 0 Å². The molecule has 3 aromatic rings. The van der Waals surface area contributed by atoms with E-state index in [0.29, 0.717) is 11.5 Å². The van der Waals surface area contributed by atoms with Crippen LogP contribution in [-0.4, -0.2) is 66.9 Å². The summed E-state index contributed by atoms with van der Waals surface area (Å²) >= 11 is 0. The summed E-state index contributed by atoms with van der Waals surface area (Å²) in [6.07, 6.45) is 3.56. The van der Waals surface area contributed by atoms with E-state index in [9.17, 15) is 10.2 Å². The number of aliphatic imine (C=N–C) groups is 2. The number of nitrogens with zero attached hydrogens (tertiary/aromatic N) is 2. The third-order valence-electron chi connectivity index (χ3n) is 7.19. The van der Waals surface area contributed by atoms with Crippen molar-refractivity contribution < 1.29 is 46.8 Å². The molecular weight excluding hydrogens is 728 g/mol. The Morgan fingerprint density at radius 3 is 1.06 bits per heavy atom. The van der Waals surface area contributed by atoms with Crippen LogP contribution in [0.2, 0.25) is 78.6 Å². The van der Waals surface area contributed by atoms with Crippen molar-refractivity contribution in [3.8, 4) is 11.5 Å². The standard InChI is InChI=1S/C32H48N2O2Si4.2C2H4O2.Co/c1-37(2,3)25-17-23(31(35)29(19-25)39(7,8)9)21-33-27-15-13-14-16-28(27)34-22-24-18-26(38(4,5)6)20-30(32(24)36)40(10,11)12;2*1-2(3)4;/h13-22,35-36H,1-12H3;2*1H3,(H,3,4);/q;;;+2/p-2. The third kappa shape index (κ3) is 15.1. The molecule has 0 saturated carbocycles. The minimum absolute atomic E-state index is 0. The summed E-state index contributed by atoms with van der Waals surface area (Å²) in [6, 6.07) is 16.5. The van der Waals surface area contributed by atoms with E-state index < -0.39 is 44.2 Å². The molecule has 0 unspecified atom stereocenters. The van der Waals surface area contributed by atoms with Crippen molar-refractivity contribution in [2.75, 3.05) is 0 Å². The summed E-state index contributed by atoms with van der Waals surface area (Å²) < 4.78 is 0. The first-order valence-corrected chi connectivity index (χ1v) is 29.9. The van der Waals surface area contributed by atoms with E-state index in [1.807, 2.05) is 24.3 Å². The molecule has 0 aromatic heterocycles. The first kappa shape index (κ1) is 45.9. The maximum absolute atomic E-state index is 11.2. The van der Waals surface area contributed by atoms with E-state index in [2.05, 4.69) is 103 Å². The number of para-hydroxylation sites is 2. The molecule has 0 aliphatic rings. The van der Waals surface area contributed by atoms with Crippen LogP contribution < -0.4 is 31.0 Å². The zero-order valence-electron chi connectivity index (χ0n) is 31.5. The van der Waals surface area contributed by atoms with E-state index in [4.69, 9.17) is 29.8 Å². The molecule has 269 valence electrons. The van der Waals surface area contributed by atoms with Crippen molar-refractivity contribution in [1.29, 1.82) is 0 Å². The van der Waals surface area contributed by atoms with Gasteiger partial charge < -0.3 is 30.0 Å². The molecule has 0 fully saturated rings. The summed E-state index contributed by atoms with van der Waals surface area (Å²) in [5.41, 5.74) is 2.96. The van der Waals surface area contributed by atoms with Gasteiger partial charge in [0.25, 0.3) is 0 Å². The first-order valence-electron chi connectivity index (χ1n) is 15.9. The average Bonchev–Trinajstić information content (AvgIpc) is 2.89. The molecule has 0 aliphatic heterocycles. The van der Waals surface area contributed by atoms with Gasteiger partial charge in [0.05, 0.1) is 43.7 Å². The number of aliphatic carboxylic acids is 2. The molecule has 0 amide bonds. The Labute approximate surface area is 307 Å². The number of phenols is 2. The van der Waals surface area contributed by atoms with Gasteiger partial charge in [-0.1, -0.05) is 125 Å². The number of carbonyl (C=O) groups excluding carboxylic acids is 2. The molecule has 0 heterocycles. The molecule has 8 nitrogen and oxygen atoms in total. The van der Waals surface area contributed by atoms with Crippen molar-refractivity contribution in [3.63, 3.8) is 0 Å². The Hall–Kier alpha value is -3.09. The predicted molar refractivity (Wildman–Crippen MR) is 210 cm³/mol. The summed E-state index contributed by atoms with van der Waals surface area (Å²) in [5, 5.41) is 45.1. The summed E-state index contributed by atoms with van der Waals surface area (Å²) in [4.78, 5) is 27.4. The van der Waals surface area contributed by atoms with E-state index in [0.717, 1.165) is 46.7 Å². The molecule has 49 heavy (non-hydrogen) atoms. The topological polar surface area (TPSA) is 145 Å². The van der Waals surface area contributed by atoms with Crippen LogP contribution in [0.15, 0.2) is 58.5 Å². The van der Waals surface area contributed by atoms with Crippen LogP contribution in [0, 0.1) is 0 Å². The summed E-state index contributed by atoms with van der Waals surface area (Å²) in [5.74, 6) is -1.48. The van der Waals surface area contributed by atoms with Gasteiger partial charge in [0, 0.05) is 35.5 Å². The molecule has 3 rings (SSSR count). The van der Waals surface area contributed by atoms with E-state index in [1.165, 1.54) is 10.4 Å². The first-order chi connectivity index (χ1) is 21.7. The van der Waals surface area contributed by atoms with Crippen molar-refractivity contribution in [3.05, 3.63) is 59.7 Å². The molecule has 0 atom stereocenters. The molecule has 3 aromatic carbocycles. The van der Waals surface area contributed by atoms with E-state index in [1.54, 1.807) is 12.4 Å². The van der Waals surface area contributed by atoms with Gasteiger partial charge in [0.1, 0.15) is 11.5 Å². The fourth-order valence-corrected chi connectivity index (χ4v) is 9.99. The maximum atomic E-state index is 11.2. The second-order valence-corrected chi connectivity index (χ2v) is 36.1.